The van der Waals surface area contributed by atoms with Crippen LogP contribution >= 0.6 is 0 Å². The quantitative estimate of drug-likeness (QED) is 0.383. The van der Waals surface area contributed by atoms with Gasteiger partial charge in [0, 0.05) is 22.4 Å². The summed E-state index contributed by atoms with van der Waals surface area (Å²) in [6.45, 7) is 0. The zero-order valence-corrected chi connectivity index (χ0v) is 3.53. The predicted octanol–water partition coefficient (Wildman–Crippen LogP) is -0.459. The summed E-state index contributed by atoms with van der Waals surface area (Å²) in [6.07, 6.45) is 0. The average molecular weight is 172 g/mol. The maximum absolute atomic E-state index is 8.47. The van der Waals surface area contributed by atoms with Gasteiger partial charge < -0.3 is 0 Å². The molecule has 2 N–H and O–H groups in total. The van der Waals surface area contributed by atoms with Crippen molar-refractivity contribution >= 4 is 0 Å². The molecule has 0 aromatic heterocycles. The van der Waals surface area contributed by atoms with Crippen LogP contribution in [0.15, 0.2) is 0 Å². The van der Waals surface area contributed by atoms with E-state index in [-0.39, 0.29) is 22.4 Å². The van der Waals surface area contributed by atoms with Crippen LogP contribution in [-0.4, -0.2) is 15.5 Å². The normalized spacial score (nSPS) is 4.80. The number of rotatable bonds is 0. The Labute approximate surface area is 43.4 Å². The number of nitrogens with zero attached hydrogens (tertiary/aromatic N) is 1. The summed E-state index contributed by atoms with van der Waals surface area (Å²) in [5.74, 6) is 0. The van der Waals surface area contributed by atoms with Crippen LogP contribution in [0.2, 0.25) is 0 Å². The molecule has 0 aliphatic heterocycles. The zero-order chi connectivity index (χ0) is 3.58. The van der Waals surface area contributed by atoms with Gasteiger partial charge in [0.1, 0.15) is 4.91 Å². The van der Waals surface area contributed by atoms with Crippen LogP contribution in [0.25, 0.3) is 0 Å². The first-order valence-corrected chi connectivity index (χ1v) is 0.583. The molecule has 35 valence electrons. The minimum atomic E-state index is -1.25. The maximum atomic E-state index is 8.47. The molecule has 0 aliphatic rings. The summed E-state index contributed by atoms with van der Waals surface area (Å²) in [7, 11) is 0. The molecule has 0 amide bonds. The molecule has 0 unspecified atom stereocenters. The second-order valence-electron chi connectivity index (χ2n) is 0.253. The van der Waals surface area contributed by atoms with Crippen LogP contribution in [0.1, 0.15) is 0 Å². The Kier molecular flexibility index (Phi) is 6.99. The second kappa shape index (κ2) is 3.94. The molecule has 0 rings (SSSR count). The Morgan fingerprint density at radius 2 is 1.40 bits per heavy atom. The number of hydrogen-bond donors (Lipinski definition) is 2. The van der Waals surface area contributed by atoms with Gasteiger partial charge in [0.2, 0.25) is 0 Å². The first kappa shape index (κ1) is 8.87. The monoisotopic (exact) mass is 171 g/mol. The molecular formula is H2AgNO3+. The molecule has 0 saturated heterocycles. The molecule has 0 heterocycles. The number of hydrogen-bond acceptors (Lipinski definition) is 1. The molecule has 0 fully saturated rings. The van der Waals surface area contributed by atoms with Gasteiger partial charge in [-0.3, -0.25) is 0 Å². The molecule has 0 spiro atoms. The summed E-state index contributed by atoms with van der Waals surface area (Å²) >= 11 is 0. The largest absolute Gasteiger partial charge is 0.472 e. The summed E-state index contributed by atoms with van der Waals surface area (Å²) in [6, 6.07) is 0. The Bertz CT molecular complexity index is 29.9. The van der Waals surface area contributed by atoms with Gasteiger partial charge in [-0.15, -0.1) is 0 Å². The van der Waals surface area contributed by atoms with E-state index in [1.807, 2.05) is 0 Å². The topological polar surface area (TPSA) is 60.5 Å². The van der Waals surface area contributed by atoms with Gasteiger partial charge in [-0.2, -0.15) is 0 Å². The van der Waals surface area contributed by atoms with Gasteiger partial charge in [0.25, 0.3) is 0 Å². The van der Waals surface area contributed by atoms with Gasteiger partial charge >= 0.3 is 5.09 Å². The third-order valence-electron chi connectivity index (χ3n) is 0. The van der Waals surface area contributed by atoms with Crippen molar-refractivity contribution in [1.29, 1.82) is 0 Å². The Balaban J connectivity index is 0. The molecule has 0 aromatic rings. The smallest absolute Gasteiger partial charge is 0.201 e. The van der Waals surface area contributed by atoms with Crippen molar-refractivity contribution in [2.24, 2.45) is 0 Å². The van der Waals surface area contributed by atoms with E-state index in [9.17, 15) is 0 Å². The molecule has 0 atom stereocenters. The van der Waals surface area contributed by atoms with Gasteiger partial charge in [-0.25, -0.2) is 10.4 Å². The van der Waals surface area contributed by atoms with E-state index < -0.39 is 5.09 Å². The molecule has 5 heteroatoms. The van der Waals surface area contributed by atoms with Crippen molar-refractivity contribution in [3.05, 3.63) is 4.91 Å². The van der Waals surface area contributed by atoms with E-state index in [1.54, 1.807) is 0 Å². The van der Waals surface area contributed by atoms with Gasteiger partial charge in [-0.05, 0) is 0 Å². The molecule has 0 aliphatic carbocycles. The molecule has 0 saturated carbocycles. The summed E-state index contributed by atoms with van der Waals surface area (Å²) < 4.78 is 0. The third kappa shape index (κ3) is 4160. The van der Waals surface area contributed by atoms with Crippen molar-refractivity contribution < 1.29 is 37.9 Å². The fourth-order valence-corrected chi connectivity index (χ4v) is 0. The minimum absolute atomic E-state index is 0. The fourth-order valence-electron chi connectivity index (χ4n) is 0. The van der Waals surface area contributed by atoms with Crippen molar-refractivity contribution in [1.82, 2.24) is 0 Å². The van der Waals surface area contributed by atoms with E-state index in [0.717, 1.165) is 0 Å². The summed E-state index contributed by atoms with van der Waals surface area (Å²) in [5.41, 5.74) is 0. The van der Waals surface area contributed by atoms with Crippen LogP contribution < -0.4 is 0 Å². The standard InChI is InChI=1S/Ag.H2NO3/c;2-1(3)4/h;(H2,2,3,4)/q;+1. The Hall–Kier alpha value is -0.0597. The van der Waals surface area contributed by atoms with E-state index in [0.29, 0.717) is 0 Å². The van der Waals surface area contributed by atoms with Crippen LogP contribution in [0.4, 0.5) is 0 Å². The van der Waals surface area contributed by atoms with E-state index in [2.05, 4.69) is 0 Å². The zero-order valence-electron chi connectivity index (χ0n) is 2.05. The van der Waals surface area contributed by atoms with Crippen LogP contribution in [0.3, 0.4) is 0 Å². The molecule has 0 bridgehead atoms. The van der Waals surface area contributed by atoms with E-state index in [4.69, 9.17) is 15.3 Å². The molecule has 1 radical (unpaired) electrons. The SMILES string of the molecule is O=[N+](O)O.[Ag]. The average Bonchev–Trinajstić information content (AvgIpc) is 0.811. The predicted molar refractivity (Wildman–Crippen MR) is 7.20 cm³/mol. The van der Waals surface area contributed by atoms with Gasteiger partial charge in [-0.1, -0.05) is 0 Å². The van der Waals surface area contributed by atoms with Gasteiger partial charge in [0.15, 0.2) is 0 Å². The van der Waals surface area contributed by atoms with Crippen LogP contribution in [0, 0.1) is 4.91 Å². The maximum Gasteiger partial charge on any atom is 0.472 e. The molecule has 0 aromatic carbocycles. The second-order valence-corrected chi connectivity index (χ2v) is 0.253. The minimum Gasteiger partial charge on any atom is -0.201 e. The molecule has 4 nitrogen and oxygen atoms in total. The van der Waals surface area contributed by atoms with E-state index >= 15 is 0 Å². The Morgan fingerprint density at radius 3 is 1.40 bits per heavy atom. The van der Waals surface area contributed by atoms with E-state index in [1.165, 1.54) is 0 Å². The van der Waals surface area contributed by atoms with Crippen LogP contribution in [-0.2, 0) is 22.4 Å². The first-order valence-electron chi connectivity index (χ1n) is 0.583. The first-order chi connectivity index (χ1) is 1.73. The van der Waals surface area contributed by atoms with Gasteiger partial charge in [0.05, 0.1) is 0 Å². The van der Waals surface area contributed by atoms with Crippen molar-refractivity contribution in [2.45, 2.75) is 0 Å². The summed E-state index contributed by atoms with van der Waals surface area (Å²) in [5, 5.41) is 12.5. The summed E-state index contributed by atoms with van der Waals surface area (Å²) in [4.78, 5) is 8.47. The van der Waals surface area contributed by atoms with Crippen molar-refractivity contribution in [3.63, 3.8) is 0 Å². The third-order valence-corrected chi connectivity index (χ3v) is 0. The van der Waals surface area contributed by atoms with Crippen molar-refractivity contribution in [3.8, 4) is 0 Å². The fraction of sp³-hybridized carbons (Fsp3) is 0. The van der Waals surface area contributed by atoms with Crippen LogP contribution in [0.5, 0.6) is 0 Å². The van der Waals surface area contributed by atoms with Crippen molar-refractivity contribution in [2.75, 3.05) is 0 Å². The molecular weight excluding hydrogens is 170 g/mol. The molecule has 5 heavy (non-hydrogen) atoms. The Morgan fingerprint density at radius 1 is 1.40 bits per heavy atom.